The molecule has 0 bridgehead atoms. The lowest BCUT2D eigenvalue weighted by molar-refractivity contribution is -0.121. The van der Waals surface area contributed by atoms with E-state index >= 15 is 0 Å². The summed E-state index contributed by atoms with van der Waals surface area (Å²) in [4.78, 5) is 11.8. The summed E-state index contributed by atoms with van der Waals surface area (Å²) in [5.41, 5.74) is 0.733. The molecular weight excluding hydrogens is 264 g/mol. The first-order valence-electron chi connectivity index (χ1n) is 6.12. The van der Waals surface area contributed by atoms with Gasteiger partial charge >= 0.3 is 0 Å². The number of carbonyl (C=O) groups is 1. The number of amides is 1. The zero-order chi connectivity index (χ0) is 13.4. The van der Waals surface area contributed by atoms with Crippen LogP contribution in [0.2, 0.25) is 0 Å². The second-order valence-corrected chi connectivity index (χ2v) is 4.71. The Labute approximate surface area is 121 Å². The van der Waals surface area contributed by atoms with E-state index < -0.39 is 0 Å². The van der Waals surface area contributed by atoms with Crippen LogP contribution in [0.15, 0.2) is 30.3 Å². The number of hydrogen-bond acceptors (Lipinski definition) is 3. The summed E-state index contributed by atoms with van der Waals surface area (Å²) in [5, 5.41) is 6.03. The monoisotopic (exact) mass is 286 g/mol. The van der Waals surface area contributed by atoms with E-state index in [1.54, 1.807) is 7.11 Å². The number of methoxy groups -OCH3 is 1. The lowest BCUT2D eigenvalue weighted by atomic mass is 9.94. The van der Waals surface area contributed by atoms with Crippen molar-refractivity contribution in [2.45, 2.75) is 19.4 Å². The highest BCUT2D eigenvalue weighted by molar-refractivity contribution is 5.85. The molecule has 0 aliphatic rings. The number of nitrogens with one attached hydrogen (secondary N) is 2. The van der Waals surface area contributed by atoms with Gasteiger partial charge in [-0.05, 0) is 19.4 Å². The van der Waals surface area contributed by atoms with Crippen LogP contribution in [0.3, 0.4) is 0 Å². The molecule has 0 atom stereocenters. The first-order chi connectivity index (χ1) is 8.56. The Hall–Kier alpha value is -1.10. The van der Waals surface area contributed by atoms with Crippen molar-refractivity contribution >= 4 is 18.3 Å². The molecule has 108 valence electrons. The van der Waals surface area contributed by atoms with Gasteiger partial charge < -0.3 is 15.4 Å². The molecule has 0 heterocycles. The normalized spacial score (nSPS) is 10.7. The molecule has 0 spiro atoms. The van der Waals surface area contributed by atoms with Crippen LogP contribution < -0.4 is 10.6 Å². The summed E-state index contributed by atoms with van der Waals surface area (Å²) in [6.45, 7) is 5.58. The average Bonchev–Trinajstić information content (AvgIpc) is 2.35. The summed E-state index contributed by atoms with van der Waals surface area (Å²) in [6, 6.07) is 9.94. The van der Waals surface area contributed by atoms with E-state index in [0.29, 0.717) is 19.7 Å². The molecule has 1 aromatic rings. The third kappa shape index (κ3) is 6.57. The lowest BCUT2D eigenvalue weighted by Gasteiger charge is -2.27. The summed E-state index contributed by atoms with van der Waals surface area (Å²) in [6.07, 6.45) is 0. The molecular formula is C14H23ClN2O2. The van der Waals surface area contributed by atoms with Crippen LogP contribution in [0.1, 0.15) is 19.4 Å². The van der Waals surface area contributed by atoms with Crippen LogP contribution in [0.25, 0.3) is 0 Å². The fourth-order valence-corrected chi connectivity index (χ4v) is 1.70. The van der Waals surface area contributed by atoms with Gasteiger partial charge in [0.2, 0.25) is 5.91 Å². The highest BCUT2D eigenvalue weighted by atomic mass is 35.5. The van der Waals surface area contributed by atoms with Crippen molar-refractivity contribution in [2.24, 2.45) is 0 Å². The average molecular weight is 287 g/mol. The van der Waals surface area contributed by atoms with Gasteiger partial charge in [-0.25, -0.2) is 0 Å². The summed E-state index contributed by atoms with van der Waals surface area (Å²) >= 11 is 0. The third-order valence-corrected chi connectivity index (χ3v) is 2.72. The predicted molar refractivity (Wildman–Crippen MR) is 79.6 cm³/mol. The van der Waals surface area contributed by atoms with Gasteiger partial charge in [0.05, 0.1) is 18.7 Å². The van der Waals surface area contributed by atoms with E-state index in [4.69, 9.17) is 4.74 Å². The minimum absolute atomic E-state index is 0. The van der Waals surface area contributed by atoms with Crippen molar-refractivity contribution < 1.29 is 9.53 Å². The maximum atomic E-state index is 11.8. The zero-order valence-corrected chi connectivity index (χ0v) is 12.5. The Morgan fingerprint density at radius 3 is 2.47 bits per heavy atom. The van der Waals surface area contributed by atoms with Crippen LogP contribution in [0.5, 0.6) is 0 Å². The van der Waals surface area contributed by atoms with Crippen LogP contribution in [0, 0.1) is 0 Å². The Kier molecular flexibility index (Phi) is 8.39. The predicted octanol–water partition coefficient (Wildman–Crippen LogP) is 1.70. The van der Waals surface area contributed by atoms with Crippen LogP contribution >= 0.6 is 12.4 Å². The van der Waals surface area contributed by atoms with Crippen molar-refractivity contribution in [3.8, 4) is 0 Å². The van der Waals surface area contributed by atoms with Gasteiger partial charge in [0, 0.05) is 13.7 Å². The van der Waals surface area contributed by atoms with Crippen molar-refractivity contribution in [3.05, 3.63) is 35.9 Å². The fraction of sp³-hybridized carbons (Fsp3) is 0.500. The zero-order valence-electron chi connectivity index (χ0n) is 11.7. The second kappa shape index (κ2) is 8.91. The third-order valence-electron chi connectivity index (χ3n) is 2.72. The van der Waals surface area contributed by atoms with E-state index in [1.165, 1.54) is 0 Å². The van der Waals surface area contributed by atoms with Gasteiger partial charge in [0.1, 0.15) is 0 Å². The fourth-order valence-electron chi connectivity index (χ4n) is 1.70. The van der Waals surface area contributed by atoms with Crippen molar-refractivity contribution in [2.75, 3.05) is 26.8 Å². The number of benzene rings is 1. The minimum atomic E-state index is -0.360. The first kappa shape index (κ1) is 17.9. The van der Waals surface area contributed by atoms with Crippen molar-refractivity contribution in [3.63, 3.8) is 0 Å². The quantitative estimate of drug-likeness (QED) is 0.750. The SMILES string of the molecule is COCCNCC(=O)NC(C)(C)c1ccccc1.Cl. The Morgan fingerprint density at radius 2 is 1.89 bits per heavy atom. The number of carbonyl (C=O) groups excluding carboxylic acids is 1. The molecule has 0 aliphatic heterocycles. The van der Waals surface area contributed by atoms with Crippen molar-refractivity contribution in [1.82, 2.24) is 10.6 Å². The molecule has 0 unspecified atom stereocenters. The molecule has 4 nitrogen and oxygen atoms in total. The Balaban J connectivity index is 0.00000324. The minimum Gasteiger partial charge on any atom is -0.383 e. The van der Waals surface area contributed by atoms with Crippen molar-refractivity contribution in [1.29, 1.82) is 0 Å². The number of rotatable bonds is 7. The molecule has 1 rings (SSSR count). The molecule has 2 N–H and O–H groups in total. The molecule has 0 aliphatic carbocycles. The van der Waals surface area contributed by atoms with E-state index in [-0.39, 0.29) is 23.9 Å². The van der Waals surface area contributed by atoms with Crippen LogP contribution in [0.4, 0.5) is 0 Å². The highest BCUT2D eigenvalue weighted by Gasteiger charge is 2.21. The topological polar surface area (TPSA) is 50.4 Å². The maximum absolute atomic E-state index is 11.8. The van der Waals surface area contributed by atoms with Gasteiger partial charge in [0.25, 0.3) is 0 Å². The molecule has 0 fully saturated rings. The molecule has 0 saturated carbocycles. The summed E-state index contributed by atoms with van der Waals surface area (Å²) in [5.74, 6) is -0.0139. The maximum Gasteiger partial charge on any atom is 0.234 e. The molecule has 1 amide bonds. The van der Waals surface area contributed by atoms with E-state index in [2.05, 4.69) is 10.6 Å². The van der Waals surface area contributed by atoms with Gasteiger partial charge in [-0.2, -0.15) is 0 Å². The summed E-state index contributed by atoms with van der Waals surface area (Å²) < 4.78 is 4.90. The number of ether oxygens (including phenoxy) is 1. The largest absolute Gasteiger partial charge is 0.383 e. The van der Waals surface area contributed by atoms with Gasteiger partial charge in [-0.15, -0.1) is 12.4 Å². The summed E-state index contributed by atoms with van der Waals surface area (Å²) in [7, 11) is 1.64. The molecule has 19 heavy (non-hydrogen) atoms. The second-order valence-electron chi connectivity index (χ2n) is 4.71. The molecule has 5 heteroatoms. The van der Waals surface area contributed by atoms with E-state index in [1.807, 2.05) is 44.2 Å². The number of hydrogen-bond donors (Lipinski definition) is 2. The molecule has 0 radical (unpaired) electrons. The van der Waals surface area contributed by atoms with E-state index in [0.717, 1.165) is 5.56 Å². The molecule has 0 saturated heterocycles. The smallest absolute Gasteiger partial charge is 0.234 e. The standard InChI is InChI=1S/C14H22N2O2.ClH/c1-14(2,12-7-5-4-6-8-12)16-13(17)11-15-9-10-18-3;/h4-8,15H,9-11H2,1-3H3,(H,16,17);1H. The van der Waals surface area contributed by atoms with Crippen LogP contribution in [-0.2, 0) is 15.1 Å². The first-order valence-corrected chi connectivity index (χ1v) is 6.12. The lowest BCUT2D eigenvalue weighted by Crippen LogP contribution is -2.45. The van der Waals surface area contributed by atoms with Gasteiger partial charge in [-0.1, -0.05) is 30.3 Å². The van der Waals surface area contributed by atoms with E-state index in [9.17, 15) is 4.79 Å². The Morgan fingerprint density at radius 1 is 1.26 bits per heavy atom. The Bertz CT molecular complexity index is 369. The highest BCUT2D eigenvalue weighted by Crippen LogP contribution is 2.18. The molecule has 0 aromatic heterocycles. The van der Waals surface area contributed by atoms with Crippen LogP contribution in [-0.4, -0.2) is 32.7 Å². The van der Waals surface area contributed by atoms with Gasteiger partial charge in [0.15, 0.2) is 0 Å². The van der Waals surface area contributed by atoms with Gasteiger partial charge in [-0.3, -0.25) is 4.79 Å². The molecule has 1 aromatic carbocycles. The number of halogens is 1.